The van der Waals surface area contributed by atoms with E-state index >= 15 is 0 Å². The van der Waals surface area contributed by atoms with Crippen LogP contribution in [0.5, 0.6) is 5.75 Å². The molecule has 0 radical (unpaired) electrons. The molecule has 1 aliphatic rings. The van der Waals surface area contributed by atoms with Crippen LogP contribution in [-0.2, 0) is 9.59 Å². The zero-order chi connectivity index (χ0) is 16.4. The van der Waals surface area contributed by atoms with Crippen LogP contribution in [0.15, 0.2) is 24.3 Å². The highest BCUT2D eigenvalue weighted by Crippen LogP contribution is 2.17. The summed E-state index contributed by atoms with van der Waals surface area (Å²) in [5.41, 5.74) is 0. The number of halogens is 1. The Hall–Kier alpha value is -1.79. The number of benzene rings is 1. The molecule has 0 saturated heterocycles. The Morgan fingerprint density at radius 2 is 1.68 bits per heavy atom. The van der Waals surface area contributed by atoms with Crippen molar-refractivity contribution < 1.29 is 24.5 Å². The Labute approximate surface area is 134 Å². The van der Waals surface area contributed by atoms with Gasteiger partial charge in [-0.3, -0.25) is 0 Å². The summed E-state index contributed by atoms with van der Waals surface area (Å²) < 4.78 is 5.60. The van der Waals surface area contributed by atoms with Crippen LogP contribution in [0.4, 0.5) is 0 Å². The molecule has 0 heterocycles. The van der Waals surface area contributed by atoms with Crippen molar-refractivity contribution in [2.24, 2.45) is 0 Å². The predicted molar refractivity (Wildman–Crippen MR) is 82.5 cm³/mol. The van der Waals surface area contributed by atoms with Gasteiger partial charge in [-0.25, -0.2) is 9.59 Å². The average Bonchev–Trinajstić information content (AvgIpc) is 2.99. The van der Waals surface area contributed by atoms with Gasteiger partial charge in [0.2, 0.25) is 0 Å². The monoisotopic (exact) mass is 329 g/mol. The van der Waals surface area contributed by atoms with Gasteiger partial charge in [-0.1, -0.05) is 24.4 Å². The Morgan fingerprint density at radius 1 is 1.14 bits per heavy atom. The molecule has 0 aliphatic heterocycles. The second-order valence-electron chi connectivity index (χ2n) is 4.85. The highest BCUT2D eigenvalue weighted by Gasteiger charge is 2.13. The summed E-state index contributed by atoms with van der Waals surface area (Å²) in [6.07, 6.45) is 5.38. The third kappa shape index (κ3) is 7.85. The molecule has 2 rings (SSSR count). The fourth-order valence-electron chi connectivity index (χ4n) is 2.09. The van der Waals surface area contributed by atoms with Gasteiger partial charge < -0.3 is 20.3 Å². The number of ether oxygens (including phenoxy) is 1. The van der Waals surface area contributed by atoms with E-state index in [4.69, 9.17) is 36.1 Å². The Bertz CT molecular complexity index is 459. The van der Waals surface area contributed by atoms with E-state index < -0.39 is 11.9 Å². The molecule has 6 nitrogen and oxygen atoms in total. The summed E-state index contributed by atoms with van der Waals surface area (Å²) in [5.74, 6) is -2.76. The molecule has 122 valence electrons. The van der Waals surface area contributed by atoms with Crippen molar-refractivity contribution >= 4 is 23.5 Å². The van der Waals surface area contributed by atoms with Gasteiger partial charge in [0.05, 0.1) is 0 Å². The van der Waals surface area contributed by atoms with Crippen molar-refractivity contribution in [1.29, 1.82) is 0 Å². The van der Waals surface area contributed by atoms with E-state index in [0.717, 1.165) is 23.9 Å². The van der Waals surface area contributed by atoms with Crippen molar-refractivity contribution in [3.63, 3.8) is 0 Å². The van der Waals surface area contributed by atoms with E-state index in [1.54, 1.807) is 0 Å². The van der Waals surface area contributed by atoms with Crippen LogP contribution in [0.2, 0.25) is 5.02 Å². The van der Waals surface area contributed by atoms with Gasteiger partial charge in [-0.05, 0) is 37.1 Å². The lowest BCUT2D eigenvalue weighted by Gasteiger charge is -2.12. The van der Waals surface area contributed by atoms with Crippen molar-refractivity contribution in [3.8, 4) is 5.75 Å². The molecular formula is C15H20ClNO5. The lowest BCUT2D eigenvalue weighted by molar-refractivity contribution is -0.159. The lowest BCUT2D eigenvalue weighted by Crippen LogP contribution is -2.30. The third-order valence-corrected chi connectivity index (χ3v) is 3.41. The molecule has 0 unspecified atom stereocenters. The fraction of sp³-hybridized carbons (Fsp3) is 0.467. The van der Waals surface area contributed by atoms with Crippen molar-refractivity contribution in [2.75, 3.05) is 13.2 Å². The van der Waals surface area contributed by atoms with Crippen LogP contribution in [0, 0.1) is 0 Å². The summed E-state index contributed by atoms with van der Waals surface area (Å²) in [5, 5.41) is 19.0. The molecule has 0 bridgehead atoms. The van der Waals surface area contributed by atoms with E-state index in [1.165, 1.54) is 25.7 Å². The largest absolute Gasteiger partial charge is 0.492 e. The number of hydrogen-bond acceptors (Lipinski definition) is 4. The Balaban J connectivity index is 0.000000346. The van der Waals surface area contributed by atoms with Crippen molar-refractivity contribution in [3.05, 3.63) is 29.3 Å². The summed E-state index contributed by atoms with van der Waals surface area (Å²) in [7, 11) is 0. The Kier molecular flexibility index (Phi) is 8.32. The summed E-state index contributed by atoms with van der Waals surface area (Å²) in [6.45, 7) is 1.64. The SMILES string of the molecule is Clc1ccc(OCCNC2CCCC2)cc1.O=C(O)C(=O)O. The van der Waals surface area contributed by atoms with Gasteiger partial charge >= 0.3 is 11.9 Å². The van der Waals surface area contributed by atoms with E-state index in [2.05, 4.69) is 5.32 Å². The number of hydrogen-bond donors (Lipinski definition) is 3. The van der Waals surface area contributed by atoms with Gasteiger partial charge in [-0.15, -0.1) is 0 Å². The van der Waals surface area contributed by atoms with Gasteiger partial charge in [0.15, 0.2) is 0 Å². The van der Waals surface area contributed by atoms with Crippen molar-refractivity contribution in [1.82, 2.24) is 5.32 Å². The van der Waals surface area contributed by atoms with Crippen LogP contribution in [-0.4, -0.2) is 41.3 Å². The molecule has 0 aromatic heterocycles. The van der Waals surface area contributed by atoms with Crippen LogP contribution < -0.4 is 10.1 Å². The minimum absolute atomic E-state index is 0.716. The molecule has 1 aromatic rings. The summed E-state index contributed by atoms with van der Waals surface area (Å²) in [4.78, 5) is 18.2. The first-order chi connectivity index (χ1) is 10.5. The zero-order valence-corrected chi connectivity index (χ0v) is 12.9. The van der Waals surface area contributed by atoms with Gasteiger partial charge in [-0.2, -0.15) is 0 Å². The normalized spacial score (nSPS) is 14.0. The number of carbonyl (C=O) groups is 2. The van der Waals surface area contributed by atoms with E-state index in [1.807, 2.05) is 24.3 Å². The van der Waals surface area contributed by atoms with Gasteiger partial charge in [0.1, 0.15) is 12.4 Å². The first kappa shape index (κ1) is 18.3. The number of carboxylic acids is 2. The van der Waals surface area contributed by atoms with Crippen molar-refractivity contribution in [2.45, 2.75) is 31.7 Å². The molecule has 1 saturated carbocycles. The average molecular weight is 330 g/mol. The first-order valence-electron chi connectivity index (χ1n) is 7.07. The zero-order valence-electron chi connectivity index (χ0n) is 12.1. The Morgan fingerprint density at radius 3 is 2.18 bits per heavy atom. The number of aliphatic carboxylic acids is 2. The van der Waals surface area contributed by atoms with Gasteiger partial charge in [0, 0.05) is 17.6 Å². The standard InChI is InChI=1S/C13H18ClNO.C2H2O4/c14-11-5-7-13(8-6-11)16-10-9-15-12-3-1-2-4-12;3-1(4)2(5)6/h5-8,12,15H,1-4,9-10H2;(H,3,4)(H,5,6). The van der Waals surface area contributed by atoms with Crippen LogP contribution in [0.3, 0.4) is 0 Å². The molecule has 7 heteroatoms. The molecule has 1 aliphatic carbocycles. The molecule has 0 amide bonds. The van der Waals surface area contributed by atoms with E-state index in [9.17, 15) is 0 Å². The van der Waals surface area contributed by atoms with E-state index in [-0.39, 0.29) is 0 Å². The highest BCUT2D eigenvalue weighted by molar-refractivity contribution is 6.30. The lowest BCUT2D eigenvalue weighted by atomic mass is 10.2. The fourth-order valence-corrected chi connectivity index (χ4v) is 2.22. The first-order valence-corrected chi connectivity index (χ1v) is 7.45. The number of nitrogens with one attached hydrogen (secondary N) is 1. The molecule has 3 N–H and O–H groups in total. The number of carboxylic acid groups (broad SMARTS) is 2. The molecule has 1 aromatic carbocycles. The molecule has 0 atom stereocenters. The van der Waals surface area contributed by atoms with E-state index in [0.29, 0.717) is 6.04 Å². The second kappa shape index (κ2) is 10.0. The van der Waals surface area contributed by atoms with Gasteiger partial charge in [0.25, 0.3) is 0 Å². The summed E-state index contributed by atoms with van der Waals surface area (Å²) >= 11 is 5.79. The third-order valence-electron chi connectivity index (χ3n) is 3.16. The van der Waals surface area contributed by atoms with Crippen LogP contribution in [0.1, 0.15) is 25.7 Å². The minimum atomic E-state index is -1.82. The number of rotatable bonds is 5. The quantitative estimate of drug-likeness (QED) is 0.567. The molecule has 1 fully saturated rings. The minimum Gasteiger partial charge on any atom is -0.492 e. The van der Waals surface area contributed by atoms with Crippen LogP contribution >= 0.6 is 11.6 Å². The molecular weight excluding hydrogens is 310 g/mol. The highest BCUT2D eigenvalue weighted by atomic mass is 35.5. The van der Waals surface area contributed by atoms with Crippen LogP contribution in [0.25, 0.3) is 0 Å². The summed E-state index contributed by atoms with van der Waals surface area (Å²) in [6, 6.07) is 8.21. The maximum atomic E-state index is 9.10. The maximum Gasteiger partial charge on any atom is 0.414 e. The predicted octanol–water partition coefficient (Wildman–Crippen LogP) is 2.41. The second-order valence-corrected chi connectivity index (χ2v) is 5.28. The topological polar surface area (TPSA) is 95.9 Å². The molecule has 0 spiro atoms. The maximum absolute atomic E-state index is 9.10. The molecule has 22 heavy (non-hydrogen) atoms. The smallest absolute Gasteiger partial charge is 0.414 e.